The van der Waals surface area contributed by atoms with Crippen molar-refractivity contribution in [1.82, 2.24) is 0 Å². The van der Waals surface area contributed by atoms with Crippen LogP contribution in [0.5, 0.6) is 11.5 Å². The summed E-state index contributed by atoms with van der Waals surface area (Å²) in [6, 6.07) is 17.7. The van der Waals surface area contributed by atoms with Crippen LogP contribution < -0.4 is 9.47 Å². The molecule has 0 bridgehead atoms. The lowest BCUT2D eigenvalue weighted by Gasteiger charge is -2.14. The topological polar surface area (TPSA) is 74.2 Å². The van der Waals surface area contributed by atoms with E-state index in [-0.39, 0.29) is 27.9 Å². The van der Waals surface area contributed by atoms with Crippen LogP contribution in [0.1, 0.15) is 53.7 Å². The highest BCUT2D eigenvalue weighted by Crippen LogP contribution is 2.38. The molecule has 0 radical (unpaired) electrons. The number of aliphatic imine (C=N–C) groups is 1. The van der Waals surface area contributed by atoms with Crippen LogP contribution in [-0.2, 0) is 9.53 Å². The second-order valence-electron chi connectivity index (χ2n) is 8.25. The van der Waals surface area contributed by atoms with E-state index in [2.05, 4.69) is 34.8 Å². The summed E-state index contributed by atoms with van der Waals surface area (Å²) in [5.41, 5.74) is 2.89. The van der Waals surface area contributed by atoms with Crippen LogP contribution in [0, 0.1) is 0 Å². The maximum Gasteiger partial charge on any atom is 0.363 e. The van der Waals surface area contributed by atoms with Gasteiger partial charge in [-0.05, 0) is 82.4 Å². The van der Waals surface area contributed by atoms with Gasteiger partial charge in [0.05, 0.1) is 21.7 Å². The van der Waals surface area contributed by atoms with Crippen LogP contribution in [0.25, 0.3) is 6.08 Å². The zero-order chi connectivity index (χ0) is 25.8. The Morgan fingerprint density at radius 1 is 1.14 bits per heavy atom. The van der Waals surface area contributed by atoms with E-state index in [0.29, 0.717) is 33.9 Å². The van der Waals surface area contributed by atoms with Gasteiger partial charge in [-0.25, -0.2) is 14.6 Å². The standard InChI is InChI=1S/C28H23BrClNO5/c1-4-34-24-15-17(13-21(29)25(24)35-27(32)20-7-5-6-8-22(20)30)14-23-28(33)36-26(31-23)19-11-9-18(10-12-19)16(2)3/h5-16H,4H2,1-3H3/b23-14-. The highest BCUT2D eigenvalue weighted by atomic mass is 79.9. The normalized spacial score (nSPS) is 14.1. The molecular formula is C28H23BrClNO5. The number of hydrogen-bond donors (Lipinski definition) is 0. The van der Waals surface area contributed by atoms with Gasteiger partial charge in [0, 0.05) is 5.56 Å². The van der Waals surface area contributed by atoms with Crippen molar-refractivity contribution in [3.05, 3.63) is 98.1 Å². The largest absolute Gasteiger partial charge is 0.490 e. The molecule has 184 valence electrons. The van der Waals surface area contributed by atoms with E-state index in [9.17, 15) is 9.59 Å². The molecule has 1 aliphatic rings. The third-order valence-electron chi connectivity index (χ3n) is 5.37. The Morgan fingerprint density at radius 2 is 1.86 bits per heavy atom. The van der Waals surface area contributed by atoms with Gasteiger partial charge in [0.1, 0.15) is 0 Å². The zero-order valence-corrected chi connectivity index (χ0v) is 22.2. The highest BCUT2D eigenvalue weighted by molar-refractivity contribution is 9.10. The molecule has 0 aliphatic carbocycles. The van der Waals surface area contributed by atoms with E-state index in [0.717, 1.165) is 0 Å². The number of ether oxygens (including phenoxy) is 3. The van der Waals surface area contributed by atoms with Gasteiger partial charge < -0.3 is 14.2 Å². The van der Waals surface area contributed by atoms with Crippen LogP contribution >= 0.6 is 27.5 Å². The van der Waals surface area contributed by atoms with Crippen molar-refractivity contribution >= 4 is 51.4 Å². The van der Waals surface area contributed by atoms with Crippen molar-refractivity contribution in [2.45, 2.75) is 26.7 Å². The number of cyclic esters (lactones) is 1. The van der Waals surface area contributed by atoms with Gasteiger partial charge in [-0.15, -0.1) is 0 Å². The molecule has 0 amide bonds. The summed E-state index contributed by atoms with van der Waals surface area (Å²) in [7, 11) is 0. The molecule has 0 fully saturated rings. The number of rotatable bonds is 7. The van der Waals surface area contributed by atoms with E-state index >= 15 is 0 Å². The SMILES string of the molecule is CCOc1cc(/C=C2\N=C(c3ccc(C(C)C)cc3)OC2=O)cc(Br)c1OC(=O)c1ccccc1Cl. The summed E-state index contributed by atoms with van der Waals surface area (Å²) in [5.74, 6) is -0.0126. The van der Waals surface area contributed by atoms with Crippen molar-refractivity contribution in [2.75, 3.05) is 6.61 Å². The molecule has 0 unspecified atom stereocenters. The quantitative estimate of drug-likeness (QED) is 0.171. The van der Waals surface area contributed by atoms with E-state index in [1.807, 2.05) is 31.2 Å². The van der Waals surface area contributed by atoms with Gasteiger partial charge >= 0.3 is 11.9 Å². The lowest BCUT2D eigenvalue weighted by Crippen LogP contribution is -2.11. The molecule has 0 atom stereocenters. The minimum absolute atomic E-state index is 0.146. The van der Waals surface area contributed by atoms with Gasteiger partial charge in [0.25, 0.3) is 0 Å². The monoisotopic (exact) mass is 567 g/mol. The van der Waals surface area contributed by atoms with Crippen LogP contribution in [0.3, 0.4) is 0 Å². The maximum atomic E-state index is 12.7. The Labute approximate surface area is 222 Å². The van der Waals surface area contributed by atoms with Crippen LogP contribution in [-0.4, -0.2) is 24.4 Å². The summed E-state index contributed by atoms with van der Waals surface area (Å²) in [5, 5.41) is 0.283. The Morgan fingerprint density at radius 3 is 2.53 bits per heavy atom. The van der Waals surface area contributed by atoms with Crippen molar-refractivity contribution in [2.24, 2.45) is 4.99 Å². The number of benzene rings is 3. The molecule has 1 aliphatic heterocycles. The first kappa shape index (κ1) is 25.7. The van der Waals surface area contributed by atoms with Crippen LogP contribution in [0.15, 0.2) is 75.8 Å². The Balaban J connectivity index is 1.63. The Bertz CT molecular complexity index is 1380. The summed E-state index contributed by atoms with van der Waals surface area (Å²) in [6.45, 7) is 6.37. The summed E-state index contributed by atoms with van der Waals surface area (Å²) < 4.78 is 17.2. The van der Waals surface area contributed by atoms with Crippen molar-refractivity contribution in [1.29, 1.82) is 0 Å². The van der Waals surface area contributed by atoms with Gasteiger partial charge in [-0.3, -0.25) is 0 Å². The van der Waals surface area contributed by atoms with E-state index in [4.69, 9.17) is 25.8 Å². The molecule has 8 heteroatoms. The average Bonchev–Trinajstić information content (AvgIpc) is 3.21. The Kier molecular flexibility index (Phi) is 7.91. The summed E-state index contributed by atoms with van der Waals surface area (Å²) >= 11 is 9.58. The fourth-order valence-electron chi connectivity index (χ4n) is 3.51. The molecule has 6 nitrogen and oxygen atoms in total. The van der Waals surface area contributed by atoms with Gasteiger partial charge in [0.2, 0.25) is 5.90 Å². The first-order valence-electron chi connectivity index (χ1n) is 11.3. The van der Waals surface area contributed by atoms with Crippen LogP contribution in [0.4, 0.5) is 0 Å². The zero-order valence-electron chi connectivity index (χ0n) is 19.9. The number of halogens is 2. The number of nitrogens with zero attached hydrogens (tertiary/aromatic N) is 1. The first-order valence-corrected chi connectivity index (χ1v) is 12.5. The lowest BCUT2D eigenvalue weighted by molar-refractivity contribution is -0.129. The molecule has 0 saturated carbocycles. The number of carbonyl (C=O) groups is 2. The molecule has 3 aromatic rings. The third kappa shape index (κ3) is 5.69. The van der Waals surface area contributed by atoms with Gasteiger partial charge in [-0.2, -0.15) is 0 Å². The van der Waals surface area contributed by atoms with Crippen LogP contribution in [0.2, 0.25) is 5.02 Å². The fraction of sp³-hybridized carbons (Fsp3) is 0.179. The third-order valence-corrected chi connectivity index (χ3v) is 6.29. The highest BCUT2D eigenvalue weighted by Gasteiger charge is 2.25. The number of carbonyl (C=O) groups excluding carboxylic acids is 2. The predicted octanol–water partition coefficient (Wildman–Crippen LogP) is 7.19. The minimum Gasteiger partial charge on any atom is -0.490 e. The second kappa shape index (κ2) is 11.1. The molecule has 0 saturated heterocycles. The first-order chi connectivity index (χ1) is 17.3. The molecule has 0 spiro atoms. The molecule has 36 heavy (non-hydrogen) atoms. The molecule has 1 heterocycles. The smallest absolute Gasteiger partial charge is 0.363 e. The molecule has 3 aromatic carbocycles. The van der Waals surface area contributed by atoms with Gasteiger partial charge in [-0.1, -0.05) is 49.7 Å². The minimum atomic E-state index is -0.620. The molecular weight excluding hydrogens is 546 g/mol. The average molecular weight is 569 g/mol. The molecule has 0 aromatic heterocycles. The summed E-state index contributed by atoms with van der Waals surface area (Å²) in [6.07, 6.45) is 1.59. The lowest BCUT2D eigenvalue weighted by atomic mass is 10.0. The van der Waals surface area contributed by atoms with Crippen molar-refractivity contribution < 1.29 is 23.8 Å². The summed E-state index contributed by atoms with van der Waals surface area (Å²) in [4.78, 5) is 29.6. The second-order valence-corrected chi connectivity index (χ2v) is 9.51. The van der Waals surface area contributed by atoms with Crippen molar-refractivity contribution in [3.63, 3.8) is 0 Å². The van der Waals surface area contributed by atoms with E-state index < -0.39 is 11.9 Å². The van der Waals surface area contributed by atoms with E-state index in [1.165, 1.54) is 5.56 Å². The number of hydrogen-bond acceptors (Lipinski definition) is 6. The van der Waals surface area contributed by atoms with Gasteiger partial charge in [0.15, 0.2) is 17.2 Å². The fourth-order valence-corrected chi connectivity index (χ4v) is 4.26. The van der Waals surface area contributed by atoms with Crippen molar-refractivity contribution in [3.8, 4) is 11.5 Å². The maximum absolute atomic E-state index is 12.7. The number of esters is 2. The van der Waals surface area contributed by atoms with E-state index in [1.54, 1.807) is 42.5 Å². The molecule has 4 rings (SSSR count). The predicted molar refractivity (Wildman–Crippen MR) is 143 cm³/mol. The Hall–Kier alpha value is -3.42. The molecule has 0 N–H and O–H groups in total.